The van der Waals surface area contributed by atoms with Crippen molar-refractivity contribution in [3.63, 3.8) is 0 Å². The Kier molecular flexibility index (Phi) is 6.81. The van der Waals surface area contributed by atoms with E-state index in [4.69, 9.17) is 0 Å². The molecule has 0 N–H and O–H groups in total. The molecule has 4 heteroatoms. The molecule has 0 radical (unpaired) electrons. The lowest BCUT2D eigenvalue weighted by Gasteiger charge is -2.41. The van der Waals surface area contributed by atoms with Gasteiger partial charge in [-0.05, 0) is 109 Å². The average molecular weight is 619 g/mol. The van der Waals surface area contributed by atoms with Crippen molar-refractivity contribution in [2.45, 2.75) is 41.8 Å². The fourth-order valence-electron chi connectivity index (χ4n) is 6.72. The first-order valence-electron chi connectivity index (χ1n) is 15.4. The summed E-state index contributed by atoms with van der Waals surface area (Å²) in [5, 5.41) is 0. The molecular weight excluding hydrogens is 585 g/mol. The summed E-state index contributed by atoms with van der Waals surface area (Å²) in [4.78, 5) is 7.95. The van der Waals surface area contributed by atoms with Gasteiger partial charge in [-0.25, -0.2) is 0 Å². The van der Waals surface area contributed by atoms with E-state index < -0.39 is 4.33 Å². The second-order valence-corrected chi connectivity index (χ2v) is 14.5. The maximum absolute atomic E-state index is 2.59. The molecule has 45 heavy (non-hydrogen) atoms. The minimum atomic E-state index is -0.508. The first kappa shape index (κ1) is 28.1. The molecule has 220 valence electrons. The van der Waals surface area contributed by atoms with Gasteiger partial charge in [0.25, 0.3) is 0 Å². The molecule has 6 aromatic rings. The highest BCUT2D eigenvalue weighted by molar-refractivity contribution is 8.21. The Morgan fingerprint density at radius 3 is 1.20 bits per heavy atom. The van der Waals surface area contributed by atoms with Crippen molar-refractivity contribution in [3.05, 3.63) is 156 Å². The van der Waals surface area contributed by atoms with E-state index in [9.17, 15) is 0 Å². The molecule has 8 rings (SSSR count). The number of anilines is 4. The number of thioether (sulfide) groups is 2. The summed E-state index contributed by atoms with van der Waals surface area (Å²) in [5.41, 5.74) is 15.2. The highest BCUT2D eigenvalue weighted by atomic mass is 32.2. The third-order valence-corrected chi connectivity index (χ3v) is 12.7. The Balaban J connectivity index is 1.38. The van der Waals surface area contributed by atoms with Crippen molar-refractivity contribution in [1.29, 1.82) is 0 Å². The summed E-state index contributed by atoms with van der Waals surface area (Å²) >= 11 is 3.98. The number of hydrogen-bond donors (Lipinski definition) is 0. The highest BCUT2D eigenvalue weighted by Gasteiger charge is 2.57. The minimum absolute atomic E-state index is 0.508. The number of para-hydroxylation sites is 2. The van der Waals surface area contributed by atoms with E-state index in [1.54, 1.807) is 0 Å². The van der Waals surface area contributed by atoms with Crippen LogP contribution in [0.4, 0.5) is 22.7 Å². The predicted octanol–water partition coefficient (Wildman–Crippen LogP) is 12.1. The lowest BCUT2D eigenvalue weighted by atomic mass is 9.99. The molecule has 0 saturated carbocycles. The van der Waals surface area contributed by atoms with Crippen LogP contribution in [0.1, 0.15) is 22.3 Å². The molecule has 0 fully saturated rings. The van der Waals surface area contributed by atoms with Gasteiger partial charge in [0.1, 0.15) is 0 Å². The summed E-state index contributed by atoms with van der Waals surface area (Å²) in [6.07, 6.45) is 0. The zero-order valence-electron chi connectivity index (χ0n) is 25.9. The number of benzene rings is 6. The fourth-order valence-corrected chi connectivity index (χ4v) is 10.5. The van der Waals surface area contributed by atoms with Crippen molar-refractivity contribution >= 4 is 46.3 Å². The van der Waals surface area contributed by atoms with Crippen LogP contribution in [0.3, 0.4) is 0 Å². The van der Waals surface area contributed by atoms with Crippen molar-refractivity contribution < 1.29 is 0 Å². The maximum atomic E-state index is 2.59. The molecule has 0 aromatic heterocycles. The monoisotopic (exact) mass is 618 g/mol. The first-order valence-corrected chi connectivity index (χ1v) is 17.1. The van der Waals surface area contributed by atoms with Crippen LogP contribution in [-0.4, -0.2) is 4.33 Å². The Morgan fingerprint density at radius 2 is 0.778 bits per heavy atom. The Hall–Kier alpha value is -4.38. The van der Waals surface area contributed by atoms with E-state index in [1.807, 2.05) is 23.5 Å². The fraction of sp³-hybridized carbons (Fsp3) is 0.122. The van der Waals surface area contributed by atoms with Crippen molar-refractivity contribution in [2.24, 2.45) is 0 Å². The smallest absolute Gasteiger partial charge is 0.229 e. The largest absolute Gasteiger partial charge is 0.298 e. The number of nitrogens with zero attached hydrogens (tertiary/aromatic N) is 2. The molecular formula is C41H34N2S2. The molecule has 0 atom stereocenters. The molecule has 0 amide bonds. The molecule has 0 aliphatic carbocycles. The van der Waals surface area contributed by atoms with Gasteiger partial charge < -0.3 is 0 Å². The standard InChI is InChI=1S/C41H34N2S2/c1-27-28(2)30(4)40-39(29(27)3)44-41(45-40)42(35-21-13-19-33(25-35)31-15-7-5-8-16-31)37-23-11-12-24-38(37)43(41)36-22-14-20-34(26-36)32-17-9-6-10-18-32/h5-26H,1-4H3. The summed E-state index contributed by atoms with van der Waals surface area (Å²) in [6, 6.07) is 48.4. The van der Waals surface area contributed by atoms with Gasteiger partial charge in [0.15, 0.2) is 0 Å². The van der Waals surface area contributed by atoms with Gasteiger partial charge in [-0.1, -0.05) is 121 Å². The van der Waals surface area contributed by atoms with E-state index in [2.05, 4.69) is 171 Å². The Bertz CT molecular complexity index is 1920. The second kappa shape index (κ2) is 10.9. The summed E-state index contributed by atoms with van der Waals surface area (Å²) in [6.45, 7) is 9.16. The topological polar surface area (TPSA) is 6.48 Å². The summed E-state index contributed by atoms with van der Waals surface area (Å²) in [5.74, 6) is 0. The Labute approximate surface area is 274 Å². The predicted molar refractivity (Wildman–Crippen MR) is 194 cm³/mol. The molecule has 0 saturated heterocycles. The van der Waals surface area contributed by atoms with Gasteiger partial charge in [0.2, 0.25) is 4.33 Å². The van der Waals surface area contributed by atoms with E-state index >= 15 is 0 Å². The number of rotatable bonds is 4. The maximum Gasteiger partial charge on any atom is 0.229 e. The normalized spacial score (nSPS) is 14.6. The van der Waals surface area contributed by atoms with Crippen molar-refractivity contribution in [3.8, 4) is 22.3 Å². The van der Waals surface area contributed by atoms with Crippen LogP contribution >= 0.6 is 23.5 Å². The van der Waals surface area contributed by atoms with Gasteiger partial charge >= 0.3 is 0 Å². The van der Waals surface area contributed by atoms with Gasteiger partial charge in [0.05, 0.1) is 11.4 Å². The average Bonchev–Trinajstić information content (AvgIpc) is 3.62. The van der Waals surface area contributed by atoms with Gasteiger partial charge in [-0.15, -0.1) is 0 Å². The van der Waals surface area contributed by atoms with Crippen molar-refractivity contribution in [2.75, 3.05) is 9.80 Å². The molecule has 0 bridgehead atoms. The van der Waals surface area contributed by atoms with E-state index in [-0.39, 0.29) is 0 Å². The van der Waals surface area contributed by atoms with Crippen LogP contribution < -0.4 is 9.80 Å². The zero-order chi connectivity index (χ0) is 30.7. The number of hydrogen-bond acceptors (Lipinski definition) is 4. The van der Waals surface area contributed by atoms with Crippen LogP contribution in [0.25, 0.3) is 22.3 Å². The molecule has 0 unspecified atom stereocenters. The molecule has 2 nitrogen and oxygen atoms in total. The summed E-state index contributed by atoms with van der Waals surface area (Å²) < 4.78 is -0.508. The zero-order valence-corrected chi connectivity index (χ0v) is 27.5. The van der Waals surface area contributed by atoms with Gasteiger partial charge in [-0.2, -0.15) is 0 Å². The Morgan fingerprint density at radius 1 is 0.400 bits per heavy atom. The number of fused-ring (bicyclic) bond motifs is 2. The van der Waals surface area contributed by atoms with Crippen LogP contribution in [0.2, 0.25) is 0 Å². The van der Waals surface area contributed by atoms with Gasteiger partial charge in [-0.3, -0.25) is 9.80 Å². The third kappa shape index (κ3) is 4.42. The van der Waals surface area contributed by atoms with Crippen LogP contribution in [0.5, 0.6) is 0 Å². The van der Waals surface area contributed by atoms with E-state index in [0.717, 1.165) is 0 Å². The van der Waals surface area contributed by atoms with Crippen LogP contribution in [-0.2, 0) is 0 Å². The first-order chi connectivity index (χ1) is 22.0. The molecule has 6 aromatic carbocycles. The third-order valence-electron chi connectivity index (χ3n) is 9.40. The minimum Gasteiger partial charge on any atom is -0.298 e. The SMILES string of the molecule is Cc1c(C)c(C)c2c(c1C)SC1(S2)N(c2cccc(-c3ccccc3)c2)c2ccccc2N1c1cccc(-c2ccccc2)c1. The van der Waals surface area contributed by atoms with Crippen LogP contribution in [0, 0.1) is 27.7 Å². The highest BCUT2D eigenvalue weighted by Crippen LogP contribution is 2.69. The van der Waals surface area contributed by atoms with Crippen molar-refractivity contribution in [1.82, 2.24) is 0 Å². The quantitative estimate of drug-likeness (QED) is 0.194. The van der Waals surface area contributed by atoms with E-state index in [0.29, 0.717) is 0 Å². The molecule has 2 heterocycles. The molecule has 2 aliphatic rings. The van der Waals surface area contributed by atoms with Gasteiger partial charge in [0, 0.05) is 21.2 Å². The van der Waals surface area contributed by atoms with E-state index in [1.165, 1.54) is 77.0 Å². The molecule has 1 spiro atoms. The lowest BCUT2D eigenvalue weighted by Crippen LogP contribution is -2.46. The van der Waals surface area contributed by atoms with Crippen LogP contribution in [0.15, 0.2) is 143 Å². The summed E-state index contributed by atoms with van der Waals surface area (Å²) in [7, 11) is 0. The second-order valence-electron chi connectivity index (χ2n) is 11.9. The lowest BCUT2D eigenvalue weighted by molar-refractivity contribution is 0.869. The molecule has 2 aliphatic heterocycles.